The van der Waals surface area contributed by atoms with Crippen LogP contribution in [0.1, 0.15) is 29.3 Å². The SMILES string of the molecule is CCOc1cc(NC(=O)c2cccc3c2CCCN3)ccc1OC.Cl. The predicted octanol–water partition coefficient (Wildman–Crippen LogP) is 4.13. The minimum atomic E-state index is -0.108. The first-order valence-corrected chi connectivity index (χ1v) is 8.21. The molecule has 0 bridgehead atoms. The molecule has 6 heteroatoms. The van der Waals surface area contributed by atoms with E-state index in [0.717, 1.165) is 30.6 Å². The van der Waals surface area contributed by atoms with Gasteiger partial charge in [0, 0.05) is 29.5 Å². The molecule has 0 saturated heterocycles. The summed E-state index contributed by atoms with van der Waals surface area (Å²) in [5.74, 6) is 1.16. The van der Waals surface area contributed by atoms with E-state index >= 15 is 0 Å². The Morgan fingerprint density at radius 3 is 2.84 bits per heavy atom. The zero-order chi connectivity index (χ0) is 16.9. The highest BCUT2D eigenvalue weighted by Crippen LogP contribution is 2.31. The van der Waals surface area contributed by atoms with E-state index in [9.17, 15) is 4.79 Å². The third-order valence-electron chi connectivity index (χ3n) is 4.06. The first-order valence-electron chi connectivity index (χ1n) is 8.21. The van der Waals surface area contributed by atoms with E-state index in [0.29, 0.717) is 29.4 Å². The largest absolute Gasteiger partial charge is 0.493 e. The number of hydrogen-bond donors (Lipinski definition) is 2. The number of methoxy groups -OCH3 is 1. The minimum Gasteiger partial charge on any atom is -0.493 e. The molecule has 1 aliphatic rings. The van der Waals surface area contributed by atoms with Crippen molar-refractivity contribution in [2.75, 3.05) is 30.9 Å². The smallest absolute Gasteiger partial charge is 0.256 e. The van der Waals surface area contributed by atoms with Crippen LogP contribution in [0.2, 0.25) is 0 Å². The molecule has 0 atom stereocenters. The first kappa shape index (κ1) is 18.9. The fourth-order valence-corrected chi connectivity index (χ4v) is 2.94. The van der Waals surface area contributed by atoms with Crippen molar-refractivity contribution in [3.8, 4) is 11.5 Å². The van der Waals surface area contributed by atoms with Crippen molar-refractivity contribution in [2.24, 2.45) is 0 Å². The molecule has 0 saturated carbocycles. The molecule has 1 amide bonds. The number of rotatable bonds is 5. The summed E-state index contributed by atoms with van der Waals surface area (Å²) in [5.41, 5.74) is 3.54. The molecule has 0 spiro atoms. The lowest BCUT2D eigenvalue weighted by Gasteiger charge is -2.20. The average Bonchev–Trinajstić information content (AvgIpc) is 2.62. The van der Waals surface area contributed by atoms with Gasteiger partial charge in [-0.05, 0) is 49.6 Å². The molecule has 134 valence electrons. The van der Waals surface area contributed by atoms with Gasteiger partial charge in [0.2, 0.25) is 0 Å². The van der Waals surface area contributed by atoms with E-state index < -0.39 is 0 Å². The van der Waals surface area contributed by atoms with Crippen molar-refractivity contribution in [1.82, 2.24) is 0 Å². The van der Waals surface area contributed by atoms with Gasteiger partial charge >= 0.3 is 0 Å². The number of fused-ring (bicyclic) bond motifs is 1. The second-order valence-electron chi connectivity index (χ2n) is 5.61. The van der Waals surface area contributed by atoms with Gasteiger partial charge in [-0.3, -0.25) is 4.79 Å². The maximum absolute atomic E-state index is 12.7. The van der Waals surface area contributed by atoms with Crippen LogP contribution < -0.4 is 20.1 Å². The average molecular weight is 363 g/mol. The number of nitrogens with one attached hydrogen (secondary N) is 2. The fourth-order valence-electron chi connectivity index (χ4n) is 2.94. The summed E-state index contributed by atoms with van der Waals surface area (Å²) in [6.07, 6.45) is 1.95. The van der Waals surface area contributed by atoms with Crippen molar-refractivity contribution in [3.63, 3.8) is 0 Å². The van der Waals surface area contributed by atoms with E-state index in [2.05, 4.69) is 10.6 Å². The fraction of sp³-hybridized carbons (Fsp3) is 0.316. The molecule has 0 fully saturated rings. The van der Waals surface area contributed by atoms with Gasteiger partial charge < -0.3 is 20.1 Å². The number of benzene rings is 2. The molecule has 2 aromatic rings. The van der Waals surface area contributed by atoms with Crippen LogP contribution >= 0.6 is 12.4 Å². The topological polar surface area (TPSA) is 59.6 Å². The zero-order valence-electron chi connectivity index (χ0n) is 14.4. The Morgan fingerprint density at radius 2 is 2.08 bits per heavy atom. The van der Waals surface area contributed by atoms with Gasteiger partial charge in [0.05, 0.1) is 13.7 Å². The second kappa shape index (κ2) is 8.62. The van der Waals surface area contributed by atoms with Gasteiger partial charge in [-0.25, -0.2) is 0 Å². The molecule has 25 heavy (non-hydrogen) atoms. The predicted molar refractivity (Wildman–Crippen MR) is 103 cm³/mol. The van der Waals surface area contributed by atoms with Gasteiger partial charge in [-0.15, -0.1) is 12.4 Å². The molecule has 0 radical (unpaired) electrons. The lowest BCUT2D eigenvalue weighted by atomic mass is 9.97. The highest BCUT2D eigenvalue weighted by Gasteiger charge is 2.18. The molecule has 1 heterocycles. The summed E-state index contributed by atoms with van der Waals surface area (Å²) in [4.78, 5) is 12.7. The number of hydrogen-bond acceptors (Lipinski definition) is 4. The first-order chi connectivity index (χ1) is 11.7. The Morgan fingerprint density at radius 1 is 1.24 bits per heavy atom. The van der Waals surface area contributed by atoms with Crippen molar-refractivity contribution < 1.29 is 14.3 Å². The van der Waals surface area contributed by atoms with Gasteiger partial charge in [0.15, 0.2) is 11.5 Å². The van der Waals surface area contributed by atoms with Crippen LogP contribution in [0, 0.1) is 0 Å². The molecule has 2 N–H and O–H groups in total. The maximum atomic E-state index is 12.7. The molecule has 0 aromatic heterocycles. The molecule has 3 rings (SSSR count). The number of carbonyl (C=O) groups is 1. The Bertz CT molecular complexity index is 749. The minimum absolute atomic E-state index is 0. The van der Waals surface area contributed by atoms with Gasteiger partial charge in [-0.1, -0.05) is 6.07 Å². The lowest BCUT2D eigenvalue weighted by Crippen LogP contribution is -2.19. The van der Waals surface area contributed by atoms with Crippen LogP contribution in [-0.2, 0) is 6.42 Å². The van der Waals surface area contributed by atoms with Crippen LogP contribution in [0.3, 0.4) is 0 Å². The van der Waals surface area contributed by atoms with Crippen LogP contribution in [0.25, 0.3) is 0 Å². The van der Waals surface area contributed by atoms with Crippen molar-refractivity contribution >= 4 is 29.7 Å². The number of halogens is 1. The Balaban J connectivity index is 0.00000225. The normalized spacial score (nSPS) is 12.2. The van der Waals surface area contributed by atoms with E-state index in [4.69, 9.17) is 9.47 Å². The third-order valence-corrected chi connectivity index (χ3v) is 4.06. The quantitative estimate of drug-likeness (QED) is 0.839. The van der Waals surface area contributed by atoms with Crippen molar-refractivity contribution in [3.05, 3.63) is 47.5 Å². The van der Waals surface area contributed by atoms with E-state index in [-0.39, 0.29) is 18.3 Å². The molecule has 2 aromatic carbocycles. The molecule has 5 nitrogen and oxygen atoms in total. The summed E-state index contributed by atoms with van der Waals surface area (Å²) in [7, 11) is 1.60. The van der Waals surface area contributed by atoms with Crippen LogP contribution in [0.4, 0.5) is 11.4 Å². The van der Waals surface area contributed by atoms with Gasteiger partial charge in [-0.2, -0.15) is 0 Å². The Hall–Kier alpha value is -2.40. The van der Waals surface area contributed by atoms with E-state index in [1.165, 1.54) is 0 Å². The standard InChI is InChI=1S/C19H22N2O3.ClH/c1-3-24-18-12-13(9-10-17(18)23-2)21-19(22)15-6-4-8-16-14(15)7-5-11-20-16;/h4,6,8-10,12,20H,3,5,7,11H2,1-2H3,(H,21,22);1H. The van der Waals surface area contributed by atoms with E-state index in [1.54, 1.807) is 19.2 Å². The summed E-state index contributed by atoms with van der Waals surface area (Å²) in [6, 6.07) is 11.2. The third kappa shape index (κ3) is 4.17. The van der Waals surface area contributed by atoms with Crippen molar-refractivity contribution in [2.45, 2.75) is 19.8 Å². The van der Waals surface area contributed by atoms with Crippen LogP contribution in [-0.4, -0.2) is 26.2 Å². The number of amides is 1. The second-order valence-corrected chi connectivity index (χ2v) is 5.61. The Kier molecular flexibility index (Phi) is 6.53. The number of anilines is 2. The Labute approximate surface area is 154 Å². The number of carbonyl (C=O) groups excluding carboxylic acids is 1. The maximum Gasteiger partial charge on any atom is 0.256 e. The molecular weight excluding hydrogens is 340 g/mol. The van der Waals surface area contributed by atoms with E-state index in [1.807, 2.05) is 31.2 Å². The van der Waals surface area contributed by atoms with Gasteiger partial charge in [0.25, 0.3) is 5.91 Å². The summed E-state index contributed by atoms with van der Waals surface area (Å²) in [5, 5.41) is 6.30. The molecule has 1 aliphatic heterocycles. The van der Waals surface area contributed by atoms with Crippen LogP contribution in [0.15, 0.2) is 36.4 Å². The molecule has 0 unspecified atom stereocenters. The highest BCUT2D eigenvalue weighted by molar-refractivity contribution is 6.06. The molecule has 0 aliphatic carbocycles. The highest BCUT2D eigenvalue weighted by atomic mass is 35.5. The zero-order valence-corrected chi connectivity index (χ0v) is 15.2. The summed E-state index contributed by atoms with van der Waals surface area (Å²) < 4.78 is 10.8. The van der Waals surface area contributed by atoms with Gasteiger partial charge in [0.1, 0.15) is 0 Å². The van der Waals surface area contributed by atoms with Crippen molar-refractivity contribution in [1.29, 1.82) is 0 Å². The summed E-state index contributed by atoms with van der Waals surface area (Å²) >= 11 is 0. The summed E-state index contributed by atoms with van der Waals surface area (Å²) in [6.45, 7) is 3.40. The van der Waals surface area contributed by atoms with Crippen LogP contribution in [0.5, 0.6) is 11.5 Å². The molecular formula is C19H23ClN2O3. The number of ether oxygens (including phenoxy) is 2. The monoisotopic (exact) mass is 362 g/mol. The lowest BCUT2D eigenvalue weighted by molar-refractivity contribution is 0.102.